The fourth-order valence-corrected chi connectivity index (χ4v) is 21.2. The molecule has 0 saturated heterocycles. The van der Waals surface area contributed by atoms with Gasteiger partial charge in [0, 0.05) is 0 Å². The first-order valence-corrected chi connectivity index (χ1v) is 29.2. The summed E-state index contributed by atoms with van der Waals surface area (Å²) >= 11 is 12.7. The number of Topliss-reactive ketones (excluding diaryl/α,β-unsaturated/α-hetero) is 2. The van der Waals surface area contributed by atoms with E-state index in [2.05, 4.69) is 0 Å². The molecule has 5 nitrogen and oxygen atoms in total. The maximum absolute atomic E-state index is 15.6. The molecule has 0 aliphatic carbocycles. The number of ketones is 2. The summed E-state index contributed by atoms with van der Waals surface area (Å²) in [6.07, 6.45) is -11.6. The Morgan fingerprint density at radius 2 is 0.632 bits per heavy atom. The molecule has 16 heteroatoms. The Kier molecular flexibility index (Phi) is 15.4. The van der Waals surface area contributed by atoms with Crippen molar-refractivity contribution in [2.24, 2.45) is 0 Å². The van der Waals surface area contributed by atoms with Crippen LogP contribution in [0.5, 0.6) is 5.75 Å². The Morgan fingerprint density at radius 1 is 0.382 bits per heavy atom. The van der Waals surface area contributed by atoms with Gasteiger partial charge in [-0.05, 0) is 0 Å². The summed E-state index contributed by atoms with van der Waals surface area (Å²) in [4.78, 5) is 31.2. The molecular formula is C60H45BCl2F6O5P2. The number of carbonyl (C=O) groups is 2. The number of halogens is 8. The zero-order chi connectivity index (χ0) is 53.7. The summed E-state index contributed by atoms with van der Waals surface area (Å²) in [7, 11) is -2.41. The first-order valence-electron chi connectivity index (χ1n) is 23.7. The number of benzene rings is 9. The first kappa shape index (κ1) is 53.9. The monoisotopic (exact) mass is 1100 g/mol. The van der Waals surface area contributed by atoms with Gasteiger partial charge in [-0.15, -0.1) is 0 Å². The zero-order valence-electron chi connectivity index (χ0n) is 40.1. The molecule has 9 rings (SSSR count). The van der Waals surface area contributed by atoms with Crippen LogP contribution in [0, 0.1) is 0 Å². The Balaban J connectivity index is 1.47. The molecule has 76 heavy (non-hydrogen) atoms. The maximum atomic E-state index is 15.6. The molecule has 0 amide bonds. The van der Waals surface area contributed by atoms with Gasteiger partial charge in [-0.2, -0.15) is 0 Å². The normalized spacial score (nSPS) is 13.1. The van der Waals surface area contributed by atoms with E-state index in [4.69, 9.17) is 36.7 Å². The summed E-state index contributed by atoms with van der Waals surface area (Å²) in [5.74, 6) is -1.91. The van der Waals surface area contributed by atoms with E-state index in [-0.39, 0.29) is 17.2 Å². The minimum atomic E-state index is -5.32. The summed E-state index contributed by atoms with van der Waals surface area (Å²) in [6, 6.07) is 65.8. The van der Waals surface area contributed by atoms with Crippen LogP contribution in [-0.2, 0) is 21.2 Å². The number of hydrogen-bond donors (Lipinski definition) is 0. The van der Waals surface area contributed by atoms with Crippen molar-refractivity contribution in [1.82, 2.24) is 0 Å². The predicted octanol–water partition coefficient (Wildman–Crippen LogP) is 14.1. The van der Waals surface area contributed by atoms with Crippen molar-refractivity contribution in [3.8, 4) is 5.75 Å². The summed E-state index contributed by atoms with van der Waals surface area (Å²) in [5.41, 5.74) is -2.93. The van der Waals surface area contributed by atoms with Crippen LogP contribution in [-0.4, -0.2) is 31.2 Å². The Hall–Kier alpha value is -6.88. The van der Waals surface area contributed by atoms with Gasteiger partial charge in [0.1, 0.15) is 0 Å². The molecule has 0 atom stereocenters. The molecule has 0 aromatic heterocycles. The first-order chi connectivity index (χ1) is 36.4. The van der Waals surface area contributed by atoms with Crippen molar-refractivity contribution >= 4 is 87.6 Å². The topological polar surface area (TPSA) is 61.8 Å². The molecule has 384 valence electrons. The van der Waals surface area contributed by atoms with Crippen LogP contribution in [0.15, 0.2) is 249 Å². The van der Waals surface area contributed by atoms with Crippen molar-refractivity contribution in [1.29, 1.82) is 0 Å². The Bertz CT molecular complexity index is 3030. The zero-order valence-corrected chi connectivity index (χ0v) is 43.4. The SMILES string of the molecule is O=C(CP(OB(Oc1cc(C(F)(F)F)cc(C(F)(F)F)c1)OP(CC(=O)c1ccc(Cl)cc1)(c1ccccc1)(c1ccccc1)c1ccccc1)(c1ccccc1)(c1ccccc1)c1ccccc1)c1ccc(Cl)cc1. The fourth-order valence-electron chi connectivity index (χ4n) is 9.89. The van der Waals surface area contributed by atoms with Crippen LogP contribution < -0.4 is 36.5 Å². The second-order valence-electron chi connectivity index (χ2n) is 18.0. The van der Waals surface area contributed by atoms with Crippen LogP contribution in [0.4, 0.5) is 26.3 Å². The third-order valence-electron chi connectivity index (χ3n) is 13.5. The summed E-state index contributed by atoms with van der Waals surface area (Å²) < 4.78 is 112. The number of rotatable bonds is 18. The van der Waals surface area contributed by atoms with E-state index >= 15 is 9.59 Å². The van der Waals surface area contributed by atoms with Crippen molar-refractivity contribution in [3.63, 3.8) is 0 Å². The van der Waals surface area contributed by atoms with E-state index in [0.717, 1.165) is 0 Å². The van der Waals surface area contributed by atoms with Crippen LogP contribution in [0.25, 0.3) is 0 Å². The summed E-state index contributed by atoms with van der Waals surface area (Å²) in [6.45, 7) is -10.6. The van der Waals surface area contributed by atoms with E-state index in [1.165, 1.54) is 0 Å². The van der Waals surface area contributed by atoms with Gasteiger partial charge in [0.15, 0.2) is 0 Å². The molecule has 0 spiro atoms. The van der Waals surface area contributed by atoms with Gasteiger partial charge < -0.3 is 0 Å². The molecule has 9 aromatic carbocycles. The van der Waals surface area contributed by atoms with E-state index in [9.17, 15) is 26.3 Å². The van der Waals surface area contributed by atoms with Crippen molar-refractivity contribution in [2.75, 3.05) is 12.3 Å². The van der Waals surface area contributed by atoms with E-state index in [0.29, 0.717) is 54.0 Å². The molecular weight excluding hydrogens is 1060 g/mol. The molecule has 0 aliphatic rings. The van der Waals surface area contributed by atoms with Gasteiger partial charge in [-0.25, -0.2) is 0 Å². The molecule has 0 N–H and O–H groups in total. The van der Waals surface area contributed by atoms with Crippen LogP contribution >= 0.6 is 36.9 Å². The second-order valence-corrected chi connectivity index (χ2v) is 27.9. The molecule has 9 aromatic rings. The number of hydrogen-bond acceptors (Lipinski definition) is 5. The molecule has 0 heterocycles. The molecule has 0 bridgehead atoms. The minimum absolute atomic E-state index is 0.00497. The average Bonchev–Trinajstić information content (AvgIpc) is 3.55. The quantitative estimate of drug-likeness (QED) is 0.0371. The standard InChI is InChI=1S/C60H45BCl2F6O5P2/c62-48-35-31-44(32-36-48)57(70)42-75(51-19-7-1-8-20-51,52-21-9-2-10-22-52,53-23-11-3-12-24-53)73-61(72-50-40-46(59(64,65)66)39-47(41-50)60(67,68)69)74-76(54-25-13-4-14-26-54,55-27-15-5-16-28-55,56-29-17-6-18-30-56)43-58(71)45-33-37-49(63)38-34-45/h1-41H,42-43H2. The third kappa shape index (κ3) is 10.3. The van der Waals surface area contributed by atoms with E-state index in [1.54, 1.807) is 231 Å². The van der Waals surface area contributed by atoms with Crippen molar-refractivity contribution < 1.29 is 49.5 Å². The molecule has 0 aliphatic heterocycles. The Morgan fingerprint density at radius 3 is 0.868 bits per heavy atom. The predicted molar refractivity (Wildman–Crippen MR) is 297 cm³/mol. The second kappa shape index (κ2) is 21.6. The van der Waals surface area contributed by atoms with Crippen LogP contribution in [0.3, 0.4) is 0 Å². The number of alkyl halides is 6. The fraction of sp³-hybridized carbons (Fsp3) is 0.0667. The molecule has 0 fully saturated rings. The van der Waals surface area contributed by atoms with Crippen LogP contribution in [0.1, 0.15) is 31.8 Å². The van der Waals surface area contributed by atoms with Gasteiger partial charge >= 0.3 is 448 Å². The van der Waals surface area contributed by atoms with Gasteiger partial charge in [0.2, 0.25) is 0 Å². The molecule has 0 radical (unpaired) electrons. The van der Waals surface area contributed by atoms with E-state index < -0.39 is 74.1 Å². The van der Waals surface area contributed by atoms with Crippen LogP contribution in [0.2, 0.25) is 10.0 Å². The number of carbonyl (C=O) groups excluding carboxylic acids is 2. The van der Waals surface area contributed by atoms with Gasteiger partial charge in [0.25, 0.3) is 0 Å². The summed E-state index contributed by atoms with van der Waals surface area (Å²) in [5, 5.41) is 3.13. The third-order valence-corrected chi connectivity index (χ3v) is 25.4. The molecule has 0 unspecified atom stereocenters. The van der Waals surface area contributed by atoms with Crippen molar-refractivity contribution in [2.45, 2.75) is 12.4 Å². The van der Waals surface area contributed by atoms with E-state index in [1.807, 2.05) is 0 Å². The average molecular weight is 1100 g/mol. The molecule has 0 saturated carbocycles. The van der Waals surface area contributed by atoms with Gasteiger partial charge in [0.05, 0.1) is 0 Å². The van der Waals surface area contributed by atoms with Gasteiger partial charge in [-0.3, -0.25) is 0 Å². The Labute approximate surface area is 446 Å². The van der Waals surface area contributed by atoms with Crippen molar-refractivity contribution in [3.05, 3.63) is 281 Å². The van der Waals surface area contributed by atoms with Gasteiger partial charge in [-0.1, -0.05) is 0 Å².